The Bertz CT molecular complexity index is 590. The molecule has 2 aromatic heterocycles. The first kappa shape index (κ1) is 14.3. The van der Waals surface area contributed by atoms with Crippen molar-refractivity contribution < 1.29 is 4.52 Å². The Labute approximate surface area is 125 Å². The summed E-state index contributed by atoms with van der Waals surface area (Å²) < 4.78 is 7.00. The number of hydrogen-bond donors (Lipinski definition) is 0. The summed E-state index contributed by atoms with van der Waals surface area (Å²) in [4.78, 5) is 4.96. The molecule has 3 rings (SSSR count). The van der Waals surface area contributed by atoms with Gasteiger partial charge < -0.3 is 4.52 Å². The van der Waals surface area contributed by atoms with E-state index in [1.54, 1.807) is 0 Å². The van der Waals surface area contributed by atoms with Crippen LogP contribution in [0.25, 0.3) is 0 Å². The van der Waals surface area contributed by atoms with Crippen molar-refractivity contribution in [2.24, 2.45) is 7.05 Å². The maximum Gasteiger partial charge on any atom is 0.133 e. The third kappa shape index (κ3) is 3.51. The van der Waals surface area contributed by atoms with E-state index < -0.39 is 0 Å². The van der Waals surface area contributed by atoms with E-state index in [0.717, 1.165) is 44.2 Å². The molecule has 114 valence electrons. The number of hydrogen-bond acceptors (Lipinski definition) is 5. The van der Waals surface area contributed by atoms with E-state index >= 15 is 0 Å². The van der Waals surface area contributed by atoms with Crippen LogP contribution in [0.3, 0.4) is 0 Å². The van der Waals surface area contributed by atoms with Crippen LogP contribution in [-0.4, -0.2) is 50.4 Å². The minimum atomic E-state index is 0.534. The summed E-state index contributed by atoms with van der Waals surface area (Å²) in [5, 5.41) is 8.32. The minimum Gasteiger partial charge on any atom is -0.361 e. The molecule has 0 aromatic carbocycles. The van der Waals surface area contributed by atoms with Crippen molar-refractivity contribution in [3.63, 3.8) is 0 Å². The molecule has 6 heteroatoms. The zero-order valence-electron chi connectivity index (χ0n) is 13.0. The van der Waals surface area contributed by atoms with Gasteiger partial charge in [0.15, 0.2) is 0 Å². The van der Waals surface area contributed by atoms with Crippen molar-refractivity contribution in [1.82, 2.24) is 24.7 Å². The maximum absolute atomic E-state index is 5.14. The summed E-state index contributed by atoms with van der Waals surface area (Å²) >= 11 is 0. The van der Waals surface area contributed by atoms with E-state index in [1.807, 2.05) is 30.9 Å². The van der Waals surface area contributed by atoms with E-state index in [1.165, 1.54) is 5.56 Å². The minimum absolute atomic E-state index is 0.534. The lowest BCUT2D eigenvalue weighted by molar-refractivity contribution is 0.0719. The van der Waals surface area contributed by atoms with E-state index in [-0.39, 0.29) is 0 Å². The third-order valence-electron chi connectivity index (χ3n) is 4.06. The number of piperazine rings is 1. The largest absolute Gasteiger partial charge is 0.361 e. The molecule has 0 amide bonds. The molecular formula is C15H23N5O. The highest BCUT2D eigenvalue weighted by atomic mass is 16.5. The first-order valence-corrected chi connectivity index (χ1v) is 7.46. The lowest BCUT2D eigenvalue weighted by atomic mass is 10.1. The molecule has 1 fully saturated rings. The zero-order valence-corrected chi connectivity index (χ0v) is 13.0. The fourth-order valence-electron chi connectivity index (χ4n) is 2.96. The van der Waals surface area contributed by atoms with E-state index in [0.29, 0.717) is 6.04 Å². The number of aromatic nitrogens is 3. The van der Waals surface area contributed by atoms with Gasteiger partial charge in [0.1, 0.15) is 5.76 Å². The van der Waals surface area contributed by atoms with Crippen LogP contribution in [-0.2, 0) is 20.1 Å². The van der Waals surface area contributed by atoms with Gasteiger partial charge in [-0.3, -0.25) is 14.5 Å². The smallest absolute Gasteiger partial charge is 0.133 e. The molecule has 1 unspecified atom stereocenters. The van der Waals surface area contributed by atoms with Gasteiger partial charge in [0.2, 0.25) is 0 Å². The number of aryl methyl sites for hydroxylation is 2. The molecule has 21 heavy (non-hydrogen) atoms. The van der Waals surface area contributed by atoms with E-state index in [2.05, 4.69) is 33.2 Å². The molecule has 0 N–H and O–H groups in total. The number of rotatable bonds is 4. The highest BCUT2D eigenvalue weighted by Gasteiger charge is 2.24. The second-order valence-electron chi connectivity index (χ2n) is 6.01. The topological polar surface area (TPSA) is 50.3 Å². The van der Waals surface area contributed by atoms with Crippen LogP contribution in [0.15, 0.2) is 23.0 Å². The van der Waals surface area contributed by atoms with Gasteiger partial charge in [-0.1, -0.05) is 5.16 Å². The zero-order chi connectivity index (χ0) is 14.8. The molecule has 3 heterocycles. The van der Waals surface area contributed by atoms with Gasteiger partial charge in [-0.25, -0.2) is 0 Å². The maximum atomic E-state index is 5.14. The van der Waals surface area contributed by atoms with Gasteiger partial charge >= 0.3 is 0 Å². The van der Waals surface area contributed by atoms with Crippen LogP contribution in [0.4, 0.5) is 0 Å². The van der Waals surface area contributed by atoms with Crippen molar-refractivity contribution in [3.8, 4) is 0 Å². The fraction of sp³-hybridized carbons (Fsp3) is 0.600. The second kappa shape index (κ2) is 5.99. The molecule has 1 aliphatic rings. The SMILES string of the molecule is Cc1cc(CN2CCN(Cc3cnn(C)c3)C(C)C2)no1. The van der Waals surface area contributed by atoms with Crippen LogP contribution in [0.5, 0.6) is 0 Å². The average Bonchev–Trinajstić information content (AvgIpc) is 3.02. The van der Waals surface area contributed by atoms with Crippen molar-refractivity contribution in [3.05, 3.63) is 35.5 Å². The molecule has 0 spiro atoms. The second-order valence-corrected chi connectivity index (χ2v) is 6.01. The Kier molecular flexibility index (Phi) is 4.07. The van der Waals surface area contributed by atoms with E-state index in [9.17, 15) is 0 Å². The lowest BCUT2D eigenvalue weighted by Crippen LogP contribution is -2.50. The van der Waals surface area contributed by atoms with Crippen LogP contribution in [0.1, 0.15) is 23.9 Å². The normalized spacial score (nSPS) is 21.0. The fourth-order valence-corrected chi connectivity index (χ4v) is 2.96. The summed E-state index contributed by atoms with van der Waals surface area (Å²) in [5.41, 5.74) is 2.31. The number of nitrogens with zero attached hydrogens (tertiary/aromatic N) is 5. The monoisotopic (exact) mass is 289 g/mol. The van der Waals surface area contributed by atoms with Crippen molar-refractivity contribution in [2.75, 3.05) is 19.6 Å². The van der Waals surface area contributed by atoms with Gasteiger partial charge in [0, 0.05) is 63.6 Å². The Morgan fingerprint density at radius 2 is 2.19 bits per heavy atom. The molecule has 0 aliphatic carbocycles. The summed E-state index contributed by atoms with van der Waals surface area (Å²) in [6, 6.07) is 2.55. The van der Waals surface area contributed by atoms with Gasteiger partial charge in [-0.15, -0.1) is 0 Å². The van der Waals surface area contributed by atoms with Gasteiger partial charge in [-0.05, 0) is 13.8 Å². The average molecular weight is 289 g/mol. The summed E-state index contributed by atoms with van der Waals surface area (Å²) in [6.45, 7) is 9.28. The Morgan fingerprint density at radius 1 is 1.33 bits per heavy atom. The Hall–Kier alpha value is -1.66. The van der Waals surface area contributed by atoms with Crippen molar-refractivity contribution >= 4 is 0 Å². The molecule has 2 aromatic rings. The third-order valence-corrected chi connectivity index (χ3v) is 4.06. The van der Waals surface area contributed by atoms with Gasteiger partial charge in [0.05, 0.1) is 11.9 Å². The van der Waals surface area contributed by atoms with Crippen molar-refractivity contribution in [1.29, 1.82) is 0 Å². The Balaban J connectivity index is 1.54. The molecule has 0 bridgehead atoms. The van der Waals surface area contributed by atoms with Gasteiger partial charge in [0.25, 0.3) is 0 Å². The summed E-state index contributed by atoms with van der Waals surface area (Å²) in [6.07, 6.45) is 4.05. The molecule has 0 radical (unpaired) electrons. The Morgan fingerprint density at radius 3 is 2.81 bits per heavy atom. The van der Waals surface area contributed by atoms with Crippen LogP contribution in [0, 0.1) is 6.92 Å². The molecule has 0 saturated carbocycles. The standard InChI is InChI=1S/C15H23N5O/c1-12-8-19(11-15-6-13(2)21-17-15)4-5-20(12)10-14-7-16-18(3)9-14/h6-7,9,12H,4-5,8,10-11H2,1-3H3. The first-order valence-electron chi connectivity index (χ1n) is 7.46. The molecular weight excluding hydrogens is 266 g/mol. The van der Waals surface area contributed by atoms with Crippen LogP contribution >= 0.6 is 0 Å². The summed E-state index contributed by atoms with van der Waals surface area (Å²) in [5.74, 6) is 0.883. The van der Waals surface area contributed by atoms with Crippen LogP contribution < -0.4 is 0 Å². The highest BCUT2D eigenvalue weighted by molar-refractivity contribution is 5.05. The van der Waals surface area contributed by atoms with Gasteiger partial charge in [-0.2, -0.15) is 5.10 Å². The lowest BCUT2D eigenvalue weighted by Gasteiger charge is -2.39. The molecule has 1 aliphatic heterocycles. The molecule has 1 atom stereocenters. The van der Waals surface area contributed by atoms with E-state index in [4.69, 9.17) is 4.52 Å². The first-order chi connectivity index (χ1) is 10.1. The molecule has 6 nitrogen and oxygen atoms in total. The quantitative estimate of drug-likeness (QED) is 0.852. The summed E-state index contributed by atoms with van der Waals surface area (Å²) in [7, 11) is 1.96. The molecule has 1 saturated heterocycles. The predicted molar refractivity (Wildman–Crippen MR) is 79.6 cm³/mol. The predicted octanol–water partition coefficient (Wildman–Crippen LogP) is 1.42. The van der Waals surface area contributed by atoms with Crippen LogP contribution in [0.2, 0.25) is 0 Å². The highest BCUT2D eigenvalue weighted by Crippen LogP contribution is 2.15. The van der Waals surface area contributed by atoms with Crippen molar-refractivity contribution in [2.45, 2.75) is 33.0 Å².